The number of carbonyl (C=O) groups excluding carboxylic acids is 1. The van der Waals surface area contributed by atoms with Crippen LogP contribution in [0, 0.1) is 5.92 Å². The van der Waals surface area contributed by atoms with Crippen molar-refractivity contribution in [1.29, 1.82) is 0 Å². The molecule has 3 nitrogen and oxygen atoms in total. The average molecular weight is 318 g/mol. The molecular weight excluding hydrogens is 288 g/mol. The van der Waals surface area contributed by atoms with Gasteiger partial charge in [-0.3, -0.25) is 0 Å². The maximum Gasteiger partial charge on any atom is 0.334 e. The molecule has 2 rings (SSSR count). The normalized spacial score (nSPS) is 38.6. The van der Waals surface area contributed by atoms with Crippen LogP contribution in [0.15, 0.2) is 35.5 Å². The topological polar surface area (TPSA) is 46.5 Å². The number of rotatable bonds is 0. The smallest absolute Gasteiger partial charge is 0.334 e. The Balaban J connectivity index is 2.21. The zero-order valence-electron chi connectivity index (χ0n) is 14.7. The summed E-state index contributed by atoms with van der Waals surface area (Å²) in [6, 6.07) is 0. The van der Waals surface area contributed by atoms with Crippen molar-refractivity contribution in [3.8, 4) is 0 Å². The maximum absolute atomic E-state index is 12.1. The summed E-state index contributed by atoms with van der Waals surface area (Å²) in [6.45, 7) is 10.0. The zero-order chi connectivity index (χ0) is 17.0. The molecule has 0 saturated carbocycles. The van der Waals surface area contributed by atoms with Crippen LogP contribution >= 0.6 is 0 Å². The molecule has 128 valence electrons. The van der Waals surface area contributed by atoms with E-state index in [0.29, 0.717) is 18.4 Å². The van der Waals surface area contributed by atoms with Crippen molar-refractivity contribution in [3.63, 3.8) is 0 Å². The van der Waals surface area contributed by atoms with Gasteiger partial charge in [0.2, 0.25) is 0 Å². The molecule has 2 aliphatic rings. The minimum atomic E-state index is -0.986. The lowest BCUT2D eigenvalue weighted by Gasteiger charge is -2.38. The van der Waals surface area contributed by atoms with Crippen molar-refractivity contribution in [2.24, 2.45) is 5.92 Å². The van der Waals surface area contributed by atoms with Crippen LogP contribution in [0.2, 0.25) is 0 Å². The summed E-state index contributed by atoms with van der Waals surface area (Å²) >= 11 is 0. The summed E-state index contributed by atoms with van der Waals surface area (Å²) in [7, 11) is 0. The van der Waals surface area contributed by atoms with Crippen LogP contribution in [0.25, 0.3) is 0 Å². The predicted molar refractivity (Wildman–Crippen MR) is 93.0 cm³/mol. The first-order valence-corrected chi connectivity index (χ1v) is 8.73. The lowest BCUT2D eigenvalue weighted by molar-refractivity contribution is -0.168. The number of hydrogen-bond acceptors (Lipinski definition) is 3. The molecule has 1 aliphatic carbocycles. The summed E-state index contributed by atoms with van der Waals surface area (Å²) in [4.78, 5) is 12.1. The van der Waals surface area contributed by atoms with Crippen molar-refractivity contribution >= 4 is 5.97 Å². The summed E-state index contributed by atoms with van der Waals surface area (Å²) in [5.41, 5.74) is 2.30. The number of ether oxygens (including phenoxy) is 1. The van der Waals surface area contributed by atoms with Gasteiger partial charge in [-0.2, -0.15) is 0 Å². The molecule has 1 saturated heterocycles. The lowest BCUT2D eigenvalue weighted by Crippen LogP contribution is -2.47. The third-order valence-electron chi connectivity index (χ3n) is 5.26. The van der Waals surface area contributed by atoms with E-state index in [1.165, 1.54) is 11.1 Å². The quantitative estimate of drug-likeness (QED) is 0.407. The average Bonchev–Trinajstić information content (AvgIpc) is 2.47. The minimum absolute atomic E-state index is 0.108. The number of fused-ring (bicyclic) bond motifs is 2. The molecule has 0 amide bonds. The number of aliphatic hydroxyl groups is 1. The molecule has 0 aromatic heterocycles. The van der Waals surface area contributed by atoms with E-state index in [9.17, 15) is 9.90 Å². The van der Waals surface area contributed by atoms with Crippen molar-refractivity contribution in [2.45, 2.75) is 77.4 Å². The summed E-state index contributed by atoms with van der Waals surface area (Å²) in [5, 5.41) is 10.8. The molecule has 1 heterocycles. The highest BCUT2D eigenvalue weighted by atomic mass is 16.6. The Bertz CT molecular complexity index is 525. The molecule has 1 N–H and O–H groups in total. The van der Waals surface area contributed by atoms with E-state index in [1.54, 1.807) is 6.92 Å². The van der Waals surface area contributed by atoms with E-state index in [4.69, 9.17) is 4.74 Å². The predicted octanol–water partition coefficient (Wildman–Crippen LogP) is 4.47. The number of esters is 1. The third-order valence-corrected chi connectivity index (χ3v) is 5.26. The fourth-order valence-electron chi connectivity index (χ4n) is 3.42. The van der Waals surface area contributed by atoms with Gasteiger partial charge in [0, 0.05) is 5.57 Å². The molecule has 3 heteroatoms. The van der Waals surface area contributed by atoms with Gasteiger partial charge in [0.15, 0.2) is 0 Å². The van der Waals surface area contributed by atoms with Crippen molar-refractivity contribution in [1.82, 2.24) is 0 Å². The maximum atomic E-state index is 12.1. The number of hydrogen-bond donors (Lipinski definition) is 1. The molecule has 1 fully saturated rings. The van der Waals surface area contributed by atoms with Crippen LogP contribution in [0.5, 0.6) is 0 Å². The Morgan fingerprint density at radius 2 is 1.87 bits per heavy atom. The van der Waals surface area contributed by atoms with Crippen LogP contribution in [0.4, 0.5) is 0 Å². The molecule has 23 heavy (non-hydrogen) atoms. The first kappa shape index (κ1) is 18.0. The van der Waals surface area contributed by atoms with E-state index >= 15 is 0 Å². The molecule has 0 radical (unpaired) electrons. The first-order valence-electron chi connectivity index (χ1n) is 8.73. The van der Waals surface area contributed by atoms with E-state index in [1.807, 2.05) is 0 Å². The van der Waals surface area contributed by atoms with Gasteiger partial charge in [-0.15, -0.1) is 0 Å². The van der Waals surface area contributed by atoms with Crippen molar-refractivity contribution < 1.29 is 14.6 Å². The Morgan fingerprint density at radius 3 is 2.61 bits per heavy atom. The fraction of sp³-hybridized carbons (Fsp3) is 0.650. The summed E-state index contributed by atoms with van der Waals surface area (Å²) < 4.78 is 5.47. The van der Waals surface area contributed by atoms with Gasteiger partial charge in [-0.25, -0.2) is 4.79 Å². The standard InChI is InChI=1S/C20H30O3/c1-14-7-5-8-15(2)10-11-17-13-18(23-19(21)16(17)3)20(4,22)12-6-9-14/h8-9,17-18,22H,3,5-7,10-13H2,1-2,4H3/b14-9+,15-8+/t17-,18-,20+/m0/s1. The number of allylic oxidation sites excluding steroid dienone is 4. The molecular formula is C20H30O3. The highest BCUT2D eigenvalue weighted by Crippen LogP contribution is 2.36. The zero-order valence-corrected chi connectivity index (χ0v) is 14.7. The molecule has 2 bridgehead atoms. The minimum Gasteiger partial charge on any atom is -0.456 e. The molecule has 0 spiro atoms. The Kier molecular flexibility index (Phi) is 5.85. The highest BCUT2D eigenvalue weighted by Gasteiger charge is 2.41. The van der Waals surface area contributed by atoms with Gasteiger partial charge >= 0.3 is 5.97 Å². The molecule has 0 unspecified atom stereocenters. The number of carbonyl (C=O) groups is 1. The van der Waals surface area contributed by atoms with Crippen molar-refractivity contribution in [2.75, 3.05) is 0 Å². The van der Waals surface area contributed by atoms with Crippen LogP contribution in [-0.4, -0.2) is 22.8 Å². The second-order valence-electron chi connectivity index (χ2n) is 7.43. The second-order valence-corrected chi connectivity index (χ2v) is 7.43. The van der Waals surface area contributed by atoms with E-state index < -0.39 is 11.7 Å². The molecule has 0 aromatic carbocycles. The van der Waals surface area contributed by atoms with Gasteiger partial charge in [0.25, 0.3) is 0 Å². The van der Waals surface area contributed by atoms with E-state index in [-0.39, 0.29) is 11.9 Å². The highest BCUT2D eigenvalue weighted by molar-refractivity contribution is 5.89. The molecule has 1 aliphatic heterocycles. The van der Waals surface area contributed by atoms with Gasteiger partial charge in [-0.1, -0.05) is 29.9 Å². The van der Waals surface area contributed by atoms with Crippen LogP contribution in [-0.2, 0) is 9.53 Å². The van der Waals surface area contributed by atoms with Crippen LogP contribution in [0.1, 0.15) is 65.7 Å². The lowest BCUT2D eigenvalue weighted by atomic mass is 9.79. The second kappa shape index (κ2) is 7.48. The van der Waals surface area contributed by atoms with Gasteiger partial charge < -0.3 is 9.84 Å². The van der Waals surface area contributed by atoms with Gasteiger partial charge in [0.05, 0.1) is 5.60 Å². The summed E-state index contributed by atoms with van der Waals surface area (Å²) in [6.07, 6.45) is 10.1. The monoisotopic (exact) mass is 318 g/mol. The third kappa shape index (κ3) is 4.81. The van der Waals surface area contributed by atoms with Crippen LogP contribution < -0.4 is 0 Å². The Morgan fingerprint density at radius 1 is 1.22 bits per heavy atom. The fourth-order valence-corrected chi connectivity index (χ4v) is 3.42. The van der Waals surface area contributed by atoms with Crippen molar-refractivity contribution in [3.05, 3.63) is 35.5 Å². The Labute approximate surface area is 140 Å². The van der Waals surface area contributed by atoms with Crippen LogP contribution in [0.3, 0.4) is 0 Å². The van der Waals surface area contributed by atoms with Gasteiger partial charge in [-0.05, 0) is 71.6 Å². The van der Waals surface area contributed by atoms with E-state index in [2.05, 4.69) is 32.6 Å². The van der Waals surface area contributed by atoms with Gasteiger partial charge in [0.1, 0.15) is 6.10 Å². The SMILES string of the molecule is C=C1C(=O)O[C@H]2C[C@@H]1CC/C(C)=C/CC/C(C)=C/CC[C@@]2(C)O. The Hall–Kier alpha value is -1.35. The molecule has 0 aromatic rings. The summed E-state index contributed by atoms with van der Waals surface area (Å²) in [5.74, 6) is -0.233. The molecule has 3 atom stereocenters. The largest absolute Gasteiger partial charge is 0.456 e. The first-order chi connectivity index (χ1) is 10.8. The van der Waals surface area contributed by atoms with E-state index in [0.717, 1.165) is 32.1 Å².